The summed E-state index contributed by atoms with van der Waals surface area (Å²) in [6, 6.07) is 12.0. The molecule has 0 saturated heterocycles. The van der Waals surface area contributed by atoms with Crippen LogP contribution >= 0.6 is 0 Å². The van der Waals surface area contributed by atoms with Crippen molar-refractivity contribution in [3.63, 3.8) is 0 Å². The molecular weight excluding hydrogens is 303 g/mol. The van der Waals surface area contributed by atoms with Crippen molar-refractivity contribution in [2.24, 2.45) is 0 Å². The number of halogens is 2. The molecule has 1 amide bonds. The number of nitrogens with one attached hydrogen (secondary N) is 2. The van der Waals surface area contributed by atoms with Crippen molar-refractivity contribution in [3.05, 3.63) is 65.0 Å². The van der Waals surface area contributed by atoms with Gasteiger partial charge in [-0.3, -0.25) is 4.79 Å². The zero-order chi connectivity index (χ0) is 14.8. The number of amides is 1. The number of fused-ring (bicyclic) bond motifs is 1. The van der Waals surface area contributed by atoms with E-state index >= 15 is 0 Å². The monoisotopic (exact) mass is 320 g/mol. The minimum Gasteiger partial charge on any atom is -1.00 e. The van der Waals surface area contributed by atoms with Gasteiger partial charge < -0.3 is 22.6 Å². The van der Waals surface area contributed by atoms with Crippen LogP contribution in [-0.4, -0.2) is 19.5 Å². The molecule has 22 heavy (non-hydrogen) atoms. The Morgan fingerprint density at radius 1 is 1.18 bits per heavy atom. The number of hydrogen-bond donors (Lipinski definition) is 2. The molecule has 0 bridgehead atoms. The minimum atomic E-state index is -0.496. The van der Waals surface area contributed by atoms with Gasteiger partial charge in [0.25, 0.3) is 5.91 Å². The number of carbonyl (C=O) groups is 1. The van der Waals surface area contributed by atoms with Gasteiger partial charge in [0.1, 0.15) is 12.4 Å². The maximum Gasteiger partial charge on any atom is 0.258 e. The Labute approximate surface area is 135 Å². The summed E-state index contributed by atoms with van der Waals surface area (Å²) in [5, 5.41) is 2.85. The lowest BCUT2D eigenvalue weighted by Gasteiger charge is -2.24. The molecule has 0 fully saturated rings. The standard InChI is InChI=1S/C17H17FN2O.ClH/c1-20-10-9-13-12(11-20)5-4-8-16(13)19-17(21)14-6-2-3-7-15(14)18;/h2-8H,9-11H2,1H3,(H,19,21);1H. The van der Waals surface area contributed by atoms with E-state index in [1.54, 1.807) is 12.1 Å². The van der Waals surface area contributed by atoms with Crippen LogP contribution in [0.4, 0.5) is 10.1 Å². The summed E-state index contributed by atoms with van der Waals surface area (Å²) in [5.74, 6) is -0.892. The first kappa shape index (κ1) is 16.5. The number of likely N-dealkylation sites (N-methyl/N-ethyl adjacent to an activating group) is 1. The van der Waals surface area contributed by atoms with Gasteiger partial charge in [0.05, 0.1) is 19.2 Å². The van der Waals surface area contributed by atoms with E-state index in [0.29, 0.717) is 0 Å². The normalized spacial score (nSPS) is 16.4. The van der Waals surface area contributed by atoms with Gasteiger partial charge in [-0.2, -0.15) is 0 Å². The Kier molecular flexibility index (Phi) is 5.16. The number of hydrogen-bond acceptors (Lipinski definition) is 1. The molecule has 116 valence electrons. The smallest absolute Gasteiger partial charge is 0.258 e. The fraction of sp³-hybridized carbons (Fsp3) is 0.235. The number of carbonyl (C=O) groups excluding carboxylic acids is 1. The minimum absolute atomic E-state index is 0. The Hall–Kier alpha value is -1.91. The van der Waals surface area contributed by atoms with Crippen LogP contribution < -0.4 is 22.6 Å². The van der Waals surface area contributed by atoms with E-state index in [9.17, 15) is 9.18 Å². The SMILES string of the molecule is C[NH+]1CCc2c(cccc2NC(=O)c2ccccc2F)C1.[Cl-]. The highest BCUT2D eigenvalue weighted by Crippen LogP contribution is 2.22. The lowest BCUT2D eigenvalue weighted by Crippen LogP contribution is -3.08. The summed E-state index contributed by atoms with van der Waals surface area (Å²) in [6.07, 6.45) is 0.925. The van der Waals surface area contributed by atoms with Gasteiger partial charge in [0, 0.05) is 17.7 Å². The van der Waals surface area contributed by atoms with Crippen LogP contribution in [0.2, 0.25) is 0 Å². The van der Waals surface area contributed by atoms with Gasteiger partial charge in [-0.25, -0.2) is 4.39 Å². The Balaban J connectivity index is 0.00000176. The zero-order valence-electron chi connectivity index (χ0n) is 12.3. The summed E-state index contributed by atoms with van der Waals surface area (Å²) in [4.78, 5) is 13.7. The lowest BCUT2D eigenvalue weighted by molar-refractivity contribution is -0.895. The van der Waals surface area contributed by atoms with Crippen LogP contribution in [0, 0.1) is 5.82 Å². The maximum absolute atomic E-state index is 13.7. The highest BCUT2D eigenvalue weighted by molar-refractivity contribution is 6.04. The highest BCUT2D eigenvalue weighted by atomic mass is 35.5. The van der Waals surface area contributed by atoms with Crippen LogP contribution in [-0.2, 0) is 13.0 Å². The van der Waals surface area contributed by atoms with Gasteiger partial charge in [-0.1, -0.05) is 24.3 Å². The Morgan fingerprint density at radius 2 is 1.95 bits per heavy atom. The first-order chi connectivity index (χ1) is 10.1. The molecule has 0 radical (unpaired) electrons. The molecule has 0 aromatic heterocycles. The fourth-order valence-corrected chi connectivity index (χ4v) is 2.80. The summed E-state index contributed by atoms with van der Waals surface area (Å²) >= 11 is 0. The molecule has 1 atom stereocenters. The zero-order valence-corrected chi connectivity index (χ0v) is 13.1. The van der Waals surface area contributed by atoms with E-state index < -0.39 is 11.7 Å². The van der Waals surface area contributed by atoms with Gasteiger partial charge in [0.15, 0.2) is 0 Å². The van der Waals surface area contributed by atoms with Crippen LogP contribution in [0.1, 0.15) is 21.5 Å². The third-order valence-electron chi connectivity index (χ3n) is 3.93. The van der Waals surface area contributed by atoms with E-state index in [1.807, 2.05) is 12.1 Å². The highest BCUT2D eigenvalue weighted by Gasteiger charge is 2.20. The van der Waals surface area contributed by atoms with Crippen molar-refractivity contribution in [1.29, 1.82) is 0 Å². The van der Waals surface area contributed by atoms with E-state index in [-0.39, 0.29) is 18.0 Å². The Bertz CT molecular complexity index is 690. The van der Waals surface area contributed by atoms with Crippen molar-refractivity contribution >= 4 is 11.6 Å². The lowest BCUT2D eigenvalue weighted by atomic mass is 9.98. The van der Waals surface area contributed by atoms with Gasteiger partial charge >= 0.3 is 0 Å². The van der Waals surface area contributed by atoms with Crippen molar-refractivity contribution < 1.29 is 26.5 Å². The number of benzene rings is 2. The fourth-order valence-electron chi connectivity index (χ4n) is 2.80. The van der Waals surface area contributed by atoms with E-state index in [0.717, 1.165) is 25.2 Å². The van der Waals surface area contributed by atoms with Crippen molar-refractivity contribution in [2.45, 2.75) is 13.0 Å². The second kappa shape index (κ2) is 6.90. The topological polar surface area (TPSA) is 33.5 Å². The molecule has 1 heterocycles. The van der Waals surface area contributed by atoms with Crippen molar-refractivity contribution in [1.82, 2.24) is 0 Å². The largest absolute Gasteiger partial charge is 1.00 e. The van der Waals surface area contributed by atoms with Crippen LogP contribution in [0.15, 0.2) is 42.5 Å². The maximum atomic E-state index is 13.7. The predicted molar refractivity (Wildman–Crippen MR) is 80.0 cm³/mol. The van der Waals surface area contributed by atoms with Gasteiger partial charge in [0.2, 0.25) is 0 Å². The molecule has 2 N–H and O–H groups in total. The molecule has 3 rings (SSSR count). The second-order valence-electron chi connectivity index (χ2n) is 5.51. The quantitative estimate of drug-likeness (QED) is 0.705. The average Bonchev–Trinajstić information content (AvgIpc) is 2.47. The van der Waals surface area contributed by atoms with Crippen LogP contribution in [0.3, 0.4) is 0 Å². The van der Waals surface area contributed by atoms with E-state index in [4.69, 9.17) is 0 Å². The molecule has 1 unspecified atom stereocenters. The molecule has 0 spiro atoms. The molecule has 1 aliphatic rings. The number of quaternary nitrogens is 1. The molecule has 1 aliphatic heterocycles. The summed E-state index contributed by atoms with van der Waals surface area (Å²) in [5.41, 5.74) is 3.31. The van der Waals surface area contributed by atoms with E-state index in [1.165, 1.54) is 28.2 Å². The summed E-state index contributed by atoms with van der Waals surface area (Å²) < 4.78 is 13.7. The van der Waals surface area contributed by atoms with E-state index in [2.05, 4.69) is 18.4 Å². The summed E-state index contributed by atoms with van der Waals surface area (Å²) in [7, 11) is 2.16. The average molecular weight is 321 g/mol. The molecule has 2 aromatic rings. The molecule has 3 nitrogen and oxygen atoms in total. The third kappa shape index (κ3) is 3.29. The molecule has 0 aliphatic carbocycles. The third-order valence-corrected chi connectivity index (χ3v) is 3.93. The number of anilines is 1. The molecule has 5 heteroatoms. The summed E-state index contributed by atoms with van der Waals surface area (Å²) in [6.45, 7) is 2.00. The van der Waals surface area contributed by atoms with Crippen LogP contribution in [0.25, 0.3) is 0 Å². The number of rotatable bonds is 2. The first-order valence-electron chi connectivity index (χ1n) is 7.13. The Morgan fingerprint density at radius 3 is 2.73 bits per heavy atom. The second-order valence-corrected chi connectivity index (χ2v) is 5.51. The molecule has 0 saturated carbocycles. The van der Waals surface area contributed by atoms with Crippen LogP contribution in [0.5, 0.6) is 0 Å². The van der Waals surface area contributed by atoms with Gasteiger partial charge in [-0.05, 0) is 23.8 Å². The predicted octanol–water partition coefficient (Wildman–Crippen LogP) is -1.35. The van der Waals surface area contributed by atoms with Gasteiger partial charge in [-0.15, -0.1) is 0 Å². The molecular formula is C17H18ClFN2O. The van der Waals surface area contributed by atoms with Crippen molar-refractivity contribution in [3.8, 4) is 0 Å². The first-order valence-corrected chi connectivity index (χ1v) is 7.13. The molecule has 2 aromatic carbocycles. The van der Waals surface area contributed by atoms with Crippen molar-refractivity contribution in [2.75, 3.05) is 18.9 Å².